The third kappa shape index (κ3) is 3.95. The lowest BCUT2D eigenvalue weighted by Gasteiger charge is -2.09. The zero-order valence-electron chi connectivity index (χ0n) is 13.2. The summed E-state index contributed by atoms with van der Waals surface area (Å²) in [5, 5.41) is 12.3. The molecule has 122 valence electrons. The number of amides is 1. The molecule has 7 heteroatoms. The largest absolute Gasteiger partial charge is 0.324 e. The Morgan fingerprint density at radius 2 is 2.22 bits per heavy atom. The van der Waals surface area contributed by atoms with Crippen LogP contribution in [0.15, 0.2) is 27.8 Å². The molecule has 0 spiro atoms. The average Bonchev–Trinajstić information content (AvgIpc) is 3.28. The summed E-state index contributed by atoms with van der Waals surface area (Å²) in [7, 11) is 0. The van der Waals surface area contributed by atoms with E-state index in [9.17, 15) is 4.79 Å². The van der Waals surface area contributed by atoms with Crippen molar-refractivity contribution in [3.8, 4) is 0 Å². The monoisotopic (exact) mass is 394 g/mol. The lowest BCUT2D eigenvalue weighted by Crippen LogP contribution is -2.15. The van der Waals surface area contributed by atoms with Crippen molar-refractivity contribution in [1.82, 2.24) is 14.8 Å². The predicted octanol–water partition coefficient (Wildman–Crippen LogP) is 3.98. The fourth-order valence-electron chi connectivity index (χ4n) is 2.39. The minimum Gasteiger partial charge on any atom is -0.324 e. The average molecular weight is 395 g/mol. The van der Waals surface area contributed by atoms with E-state index in [0.717, 1.165) is 33.2 Å². The molecule has 0 aliphatic heterocycles. The maximum absolute atomic E-state index is 12.2. The standard InChI is InChI=1S/C16H19BrN4OS/c1-3-21-15(11-5-6-11)19-20-16(21)23-9-14(22)18-13-7-4-10(2)8-12(13)17/h4,7-8,11H,3,5-6,9H2,1-2H3,(H,18,22). The second-order valence-corrected chi connectivity index (χ2v) is 7.48. The van der Waals surface area contributed by atoms with Gasteiger partial charge < -0.3 is 9.88 Å². The van der Waals surface area contributed by atoms with Crippen LogP contribution in [0.2, 0.25) is 0 Å². The van der Waals surface area contributed by atoms with Gasteiger partial charge in [0.05, 0.1) is 11.4 Å². The van der Waals surface area contributed by atoms with E-state index < -0.39 is 0 Å². The number of anilines is 1. The van der Waals surface area contributed by atoms with Gasteiger partial charge in [-0.15, -0.1) is 10.2 Å². The molecule has 1 aliphatic rings. The molecule has 1 amide bonds. The van der Waals surface area contributed by atoms with Gasteiger partial charge in [0.1, 0.15) is 5.82 Å². The Bertz CT molecular complexity index is 727. The van der Waals surface area contributed by atoms with Gasteiger partial charge in [0.15, 0.2) is 5.16 Å². The zero-order chi connectivity index (χ0) is 16.4. The van der Waals surface area contributed by atoms with Crippen LogP contribution in [0.4, 0.5) is 5.69 Å². The van der Waals surface area contributed by atoms with Crippen molar-refractivity contribution in [3.05, 3.63) is 34.1 Å². The van der Waals surface area contributed by atoms with Gasteiger partial charge in [-0.3, -0.25) is 4.79 Å². The van der Waals surface area contributed by atoms with Crippen LogP contribution >= 0.6 is 27.7 Å². The topological polar surface area (TPSA) is 59.8 Å². The minimum absolute atomic E-state index is 0.0434. The molecule has 1 aromatic heterocycles. The minimum atomic E-state index is -0.0434. The quantitative estimate of drug-likeness (QED) is 0.752. The normalized spacial score (nSPS) is 14.0. The first kappa shape index (κ1) is 16.5. The van der Waals surface area contributed by atoms with Crippen LogP contribution in [0.3, 0.4) is 0 Å². The van der Waals surface area contributed by atoms with Gasteiger partial charge in [-0.1, -0.05) is 17.8 Å². The Labute approximate surface area is 148 Å². The fraction of sp³-hybridized carbons (Fsp3) is 0.438. The van der Waals surface area contributed by atoms with E-state index in [1.54, 1.807) is 0 Å². The number of benzene rings is 1. The number of rotatable bonds is 6. The van der Waals surface area contributed by atoms with Gasteiger partial charge in [0, 0.05) is 16.9 Å². The van der Waals surface area contributed by atoms with Crippen LogP contribution in [0.25, 0.3) is 0 Å². The van der Waals surface area contributed by atoms with E-state index in [4.69, 9.17) is 0 Å². The molecule has 0 radical (unpaired) electrons. The van der Waals surface area contributed by atoms with Gasteiger partial charge in [0.25, 0.3) is 0 Å². The van der Waals surface area contributed by atoms with E-state index in [1.165, 1.54) is 24.6 Å². The number of carbonyl (C=O) groups is 1. The lowest BCUT2D eigenvalue weighted by atomic mass is 10.2. The van der Waals surface area contributed by atoms with Crippen molar-refractivity contribution in [1.29, 1.82) is 0 Å². The molecule has 1 heterocycles. The number of nitrogens with zero attached hydrogens (tertiary/aromatic N) is 3. The lowest BCUT2D eigenvalue weighted by molar-refractivity contribution is -0.113. The molecule has 2 aromatic rings. The molecule has 1 N–H and O–H groups in total. The van der Waals surface area contributed by atoms with E-state index in [0.29, 0.717) is 11.7 Å². The predicted molar refractivity (Wildman–Crippen MR) is 95.9 cm³/mol. The van der Waals surface area contributed by atoms with Crippen LogP contribution in [-0.4, -0.2) is 26.4 Å². The van der Waals surface area contributed by atoms with Gasteiger partial charge in [-0.2, -0.15) is 0 Å². The van der Waals surface area contributed by atoms with Crippen LogP contribution in [0, 0.1) is 6.92 Å². The van der Waals surface area contributed by atoms with Crippen molar-refractivity contribution < 1.29 is 4.79 Å². The maximum Gasteiger partial charge on any atom is 0.234 e. The maximum atomic E-state index is 12.2. The van der Waals surface area contributed by atoms with Crippen molar-refractivity contribution >= 4 is 39.3 Å². The number of halogens is 1. The zero-order valence-corrected chi connectivity index (χ0v) is 15.6. The summed E-state index contributed by atoms with van der Waals surface area (Å²) in [6.45, 7) is 4.94. The molecule has 1 saturated carbocycles. The van der Waals surface area contributed by atoms with Crippen molar-refractivity contribution in [2.75, 3.05) is 11.1 Å². The second-order valence-electron chi connectivity index (χ2n) is 5.68. The molecule has 3 rings (SSSR count). The highest BCUT2D eigenvalue weighted by atomic mass is 79.9. The SMILES string of the molecule is CCn1c(SCC(=O)Nc2ccc(C)cc2Br)nnc1C1CC1. The van der Waals surface area contributed by atoms with E-state index in [1.807, 2.05) is 25.1 Å². The highest BCUT2D eigenvalue weighted by molar-refractivity contribution is 9.10. The van der Waals surface area contributed by atoms with E-state index in [-0.39, 0.29) is 5.91 Å². The molecule has 0 unspecified atom stereocenters. The highest BCUT2D eigenvalue weighted by Crippen LogP contribution is 2.40. The first-order chi connectivity index (χ1) is 11.1. The summed E-state index contributed by atoms with van der Waals surface area (Å²) in [6, 6.07) is 5.86. The molecular formula is C16H19BrN4OS. The smallest absolute Gasteiger partial charge is 0.234 e. The number of aryl methyl sites for hydroxylation is 1. The number of thioether (sulfide) groups is 1. The fourth-order valence-corrected chi connectivity index (χ4v) is 3.79. The Morgan fingerprint density at radius 3 is 2.87 bits per heavy atom. The number of hydrogen-bond acceptors (Lipinski definition) is 4. The van der Waals surface area contributed by atoms with Crippen LogP contribution in [0.5, 0.6) is 0 Å². The number of hydrogen-bond donors (Lipinski definition) is 1. The number of carbonyl (C=O) groups excluding carboxylic acids is 1. The van der Waals surface area contributed by atoms with Crippen molar-refractivity contribution in [3.63, 3.8) is 0 Å². The summed E-state index contributed by atoms with van der Waals surface area (Å²) in [6.07, 6.45) is 2.40. The van der Waals surface area contributed by atoms with E-state index in [2.05, 4.69) is 42.9 Å². The molecule has 0 atom stereocenters. The highest BCUT2D eigenvalue weighted by Gasteiger charge is 2.30. The molecule has 0 saturated heterocycles. The molecular weight excluding hydrogens is 376 g/mol. The summed E-state index contributed by atoms with van der Waals surface area (Å²) in [5.74, 6) is 1.91. The summed E-state index contributed by atoms with van der Waals surface area (Å²) < 4.78 is 3.01. The molecule has 0 bridgehead atoms. The molecule has 1 aliphatic carbocycles. The van der Waals surface area contributed by atoms with Crippen molar-refractivity contribution in [2.45, 2.75) is 44.3 Å². The Balaban J connectivity index is 1.60. The first-order valence-electron chi connectivity index (χ1n) is 7.70. The Kier molecular flexibility index (Phi) is 5.06. The van der Waals surface area contributed by atoms with Crippen LogP contribution < -0.4 is 5.32 Å². The Hall–Kier alpha value is -1.34. The van der Waals surface area contributed by atoms with Gasteiger partial charge >= 0.3 is 0 Å². The Morgan fingerprint density at radius 1 is 1.43 bits per heavy atom. The number of nitrogens with one attached hydrogen (secondary N) is 1. The molecule has 1 fully saturated rings. The van der Waals surface area contributed by atoms with Crippen LogP contribution in [-0.2, 0) is 11.3 Å². The number of aromatic nitrogens is 3. The van der Waals surface area contributed by atoms with Gasteiger partial charge in [-0.05, 0) is 60.3 Å². The van der Waals surface area contributed by atoms with E-state index >= 15 is 0 Å². The first-order valence-corrected chi connectivity index (χ1v) is 9.48. The molecule has 1 aromatic carbocycles. The third-order valence-corrected chi connectivity index (χ3v) is 5.36. The summed E-state index contributed by atoms with van der Waals surface area (Å²) >= 11 is 4.91. The van der Waals surface area contributed by atoms with Gasteiger partial charge in [-0.25, -0.2) is 0 Å². The second kappa shape index (κ2) is 7.05. The van der Waals surface area contributed by atoms with Gasteiger partial charge in [0.2, 0.25) is 5.91 Å². The van der Waals surface area contributed by atoms with Crippen LogP contribution in [0.1, 0.15) is 37.1 Å². The molecule has 5 nitrogen and oxygen atoms in total. The summed E-state index contributed by atoms with van der Waals surface area (Å²) in [4.78, 5) is 12.2. The molecule has 23 heavy (non-hydrogen) atoms. The summed E-state index contributed by atoms with van der Waals surface area (Å²) in [5.41, 5.74) is 1.93. The van der Waals surface area contributed by atoms with Crippen molar-refractivity contribution in [2.24, 2.45) is 0 Å². The third-order valence-electron chi connectivity index (χ3n) is 3.74.